The van der Waals surface area contributed by atoms with Gasteiger partial charge in [0, 0.05) is 24.7 Å². The number of furan rings is 1. The van der Waals surface area contributed by atoms with Gasteiger partial charge >= 0.3 is 0 Å². The molecule has 4 heterocycles. The van der Waals surface area contributed by atoms with E-state index in [4.69, 9.17) is 9.40 Å². The molecule has 1 saturated heterocycles. The van der Waals surface area contributed by atoms with Gasteiger partial charge in [0.15, 0.2) is 5.65 Å². The number of fused-ring (bicyclic) bond motifs is 1. The molecule has 0 aromatic carbocycles. The molecule has 1 aliphatic rings. The average Bonchev–Trinajstić information content (AvgIpc) is 3.22. The van der Waals surface area contributed by atoms with Crippen molar-refractivity contribution >= 4 is 11.2 Å². The van der Waals surface area contributed by atoms with Crippen LogP contribution in [0.25, 0.3) is 17.0 Å². The van der Waals surface area contributed by atoms with Crippen LogP contribution in [0.15, 0.2) is 41.1 Å². The Balaban J connectivity index is 1.75. The average molecular weight is 310 g/mol. The number of aromatic nitrogens is 3. The van der Waals surface area contributed by atoms with E-state index in [1.165, 1.54) is 25.8 Å². The van der Waals surface area contributed by atoms with E-state index in [-0.39, 0.29) is 0 Å². The van der Waals surface area contributed by atoms with Crippen molar-refractivity contribution in [2.45, 2.75) is 38.6 Å². The number of rotatable bonds is 4. The predicted molar refractivity (Wildman–Crippen MR) is 89.7 cm³/mol. The monoisotopic (exact) mass is 310 g/mol. The molecule has 1 atom stereocenters. The maximum Gasteiger partial charge on any atom is 0.206 e. The van der Waals surface area contributed by atoms with Crippen molar-refractivity contribution in [1.29, 1.82) is 0 Å². The molecule has 5 nitrogen and oxygen atoms in total. The standard InChI is InChI=1S/C18H22N4O/c1-2-21-11-4-3-7-14(21)13-16-20-15-8-5-10-19-18(15)22(16)17-9-6-12-23-17/h5-6,8-10,12,14H,2-4,7,11,13H2,1H3. The Hall–Kier alpha value is -2.14. The highest BCUT2D eigenvalue weighted by molar-refractivity contribution is 5.73. The number of pyridine rings is 1. The Kier molecular flexibility index (Phi) is 3.87. The lowest BCUT2D eigenvalue weighted by molar-refractivity contribution is 0.153. The van der Waals surface area contributed by atoms with E-state index < -0.39 is 0 Å². The molecule has 3 aromatic heterocycles. The number of hydrogen-bond acceptors (Lipinski definition) is 4. The SMILES string of the molecule is CCN1CCCCC1Cc1nc2cccnc2n1-c1ccco1. The summed E-state index contributed by atoms with van der Waals surface area (Å²) in [5.41, 5.74) is 1.80. The Morgan fingerprint density at radius 3 is 3.04 bits per heavy atom. The fourth-order valence-electron chi connectivity index (χ4n) is 3.64. The minimum atomic E-state index is 0.555. The van der Waals surface area contributed by atoms with Gasteiger partial charge in [-0.3, -0.25) is 0 Å². The highest BCUT2D eigenvalue weighted by Crippen LogP contribution is 2.25. The van der Waals surface area contributed by atoms with E-state index in [0.717, 1.165) is 35.8 Å². The van der Waals surface area contributed by atoms with Gasteiger partial charge in [-0.1, -0.05) is 13.3 Å². The highest BCUT2D eigenvalue weighted by atomic mass is 16.3. The molecule has 5 heteroatoms. The van der Waals surface area contributed by atoms with Crippen LogP contribution < -0.4 is 0 Å². The second-order valence-electron chi connectivity index (χ2n) is 6.14. The van der Waals surface area contributed by atoms with Gasteiger partial charge in [-0.05, 0) is 44.1 Å². The van der Waals surface area contributed by atoms with Crippen LogP contribution in [-0.2, 0) is 6.42 Å². The molecule has 23 heavy (non-hydrogen) atoms. The second-order valence-corrected chi connectivity index (χ2v) is 6.14. The van der Waals surface area contributed by atoms with Crippen molar-refractivity contribution in [3.05, 3.63) is 42.5 Å². The summed E-state index contributed by atoms with van der Waals surface area (Å²) in [6.07, 6.45) is 8.30. The minimum absolute atomic E-state index is 0.555. The van der Waals surface area contributed by atoms with E-state index in [2.05, 4.69) is 21.4 Å². The number of nitrogens with zero attached hydrogens (tertiary/aromatic N) is 4. The van der Waals surface area contributed by atoms with Crippen LogP contribution in [0.4, 0.5) is 0 Å². The van der Waals surface area contributed by atoms with Gasteiger partial charge in [0.1, 0.15) is 11.3 Å². The van der Waals surface area contributed by atoms with Crippen LogP contribution >= 0.6 is 0 Å². The van der Waals surface area contributed by atoms with Gasteiger partial charge in [0.2, 0.25) is 5.88 Å². The lowest BCUT2D eigenvalue weighted by atomic mass is 9.99. The van der Waals surface area contributed by atoms with Crippen LogP contribution in [0.2, 0.25) is 0 Å². The van der Waals surface area contributed by atoms with Crippen molar-refractivity contribution in [3.8, 4) is 5.88 Å². The van der Waals surface area contributed by atoms with Crippen molar-refractivity contribution in [3.63, 3.8) is 0 Å². The molecule has 1 fully saturated rings. The summed E-state index contributed by atoms with van der Waals surface area (Å²) < 4.78 is 7.71. The zero-order chi connectivity index (χ0) is 15.6. The van der Waals surface area contributed by atoms with Crippen LogP contribution in [0.3, 0.4) is 0 Å². The summed E-state index contributed by atoms with van der Waals surface area (Å²) in [7, 11) is 0. The molecule has 0 bridgehead atoms. The second kappa shape index (κ2) is 6.16. The number of imidazole rings is 1. The zero-order valence-electron chi connectivity index (χ0n) is 13.5. The van der Waals surface area contributed by atoms with E-state index in [0.29, 0.717) is 6.04 Å². The van der Waals surface area contributed by atoms with E-state index in [1.54, 1.807) is 6.26 Å². The largest absolute Gasteiger partial charge is 0.448 e. The molecule has 1 aliphatic heterocycles. The van der Waals surface area contributed by atoms with Gasteiger partial charge < -0.3 is 9.32 Å². The highest BCUT2D eigenvalue weighted by Gasteiger charge is 2.25. The first-order valence-corrected chi connectivity index (χ1v) is 8.47. The molecule has 0 aliphatic carbocycles. The Labute approximate surface area is 135 Å². The molecule has 0 spiro atoms. The number of hydrogen-bond donors (Lipinski definition) is 0. The number of likely N-dealkylation sites (tertiary alicyclic amines) is 1. The molecular formula is C18H22N4O. The molecule has 4 rings (SSSR count). The first kappa shape index (κ1) is 14.5. The smallest absolute Gasteiger partial charge is 0.206 e. The van der Waals surface area contributed by atoms with Crippen LogP contribution in [0.1, 0.15) is 32.0 Å². The maximum atomic E-state index is 5.64. The van der Waals surface area contributed by atoms with E-state index in [1.807, 2.05) is 30.5 Å². The van der Waals surface area contributed by atoms with Gasteiger partial charge in [-0.2, -0.15) is 0 Å². The summed E-state index contributed by atoms with van der Waals surface area (Å²) >= 11 is 0. The third-order valence-electron chi connectivity index (χ3n) is 4.79. The molecule has 0 saturated carbocycles. The van der Waals surface area contributed by atoms with Crippen LogP contribution in [-0.4, -0.2) is 38.6 Å². The third kappa shape index (κ3) is 2.65. The van der Waals surface area contributed by atoms with Crippen LogP contribution in [0.5, 0.6) is 0 Å². The van der Waals surface area contributed by atoms with Crippen molar-refractivity contribution in [1.82, 2.24) is 19.4 Å². The van der Waals surface area contributed by atoms with Crippen molar-refractivity contribution in [2.24, 2.45) is 0 Å². The summed E-state index contributed by atoms with van der Waals surface area (Å²) in [6, 6.07) is 8.39. The molecule has 1 unspecified atom stereocenters. The topological polar surface area (TPSA) is 47.1 Å². The summed E-state index contributed by atoms with van der Waals surface area (Å²) in [5, 5.41) is 0. The predicted octanol–water partition coefficient (Wildman–Crippen LogP) is 3.43. The molecule has 0 amide bonds. The van der Waals surface area contributed by atoms with Gasteiger partial charge in [0.25, 0.3) is 0 Å². The summed E-state index contributed by atoms with van der Waals surface area (Å²) in [4.78, 5) is 11.9. The zero-order valence-corrected chi connectivity index (χ0v) is 13.5. The third-order valence-corrected chi connectivity index (χ3v) is 4.79. The molecule has 120 valence electrons. The van der Waals surface area contributed by atoms with Gasteiger partial charge in [-0.15, -0.1) is 0 Å². The van der Waals surface area contributed by atoms with Gasteiger partial charge in [-0.25, -0.2) is 14.5 Å². The summed E-state index contributed by atoms with van der Waals surface area (Å²) in [5.74, 6) is 1.83. The minimum Gasteiger partial charge on any atom is -0.448 e. The van der Waals surface area contributed by atoms with Gasteiger partial charge in [0.05, 0.1) is 6.26 Å². The molecular weight excluding hydrogens is 288 g/mol. The van der Waals surface area contributed by atoms with Crippen molar-refractivity contribution < 1.29 is 4.42 Å². The maximum absolute atomic E-state index is 5.64. The lowest BCUT2D eigenvalue weighted by Crippen LogP contribution is -2.41. The molecule has 0 N–H and O–H groups in total. The first-order valence-electron chi connectivity index (χ1n) is 8.47. The van der Waals surface area contributed by atoms with Crippen molar-refractivity contribution in [2.75, 3.05) is 13.1 Å². The Bertz CT molecular complexity index is 778. The Morgan fingerprint density at radius 2 is 2.22 bits per heavy atom. The van der Waals surface area contributed by atoms with E-state index >= 15 is 0 Å². The molecule has 3 aromatic rings. The number of likely N-dealkylation sites (N-methyl/N-ethyl adjacent to an activating group) is 1. The summed E-state index contributed by atoms with van der Waals surface area (Å²) in [6.45, 7) is 4.54. The number of piperidine rings is 1. The normalized spacial score (nSPS) is 19.4. The van der Waals surface area contributed by atoms with Crippen LogP contribution in [0, 0.1) is 0 Å². The van der Waals surface area contributed by atoms with E-state index in [9.17, 15) is 0 Å². The fraction of sp³-hybridized carbons (Fsp3) is 0.444. The molecule has 0 radical (unpaired) electrons. The quantitative estimate of drug-likeness (QED) is 0.740. The first-order chi connectivity index (χ1) is 11.4. The lowest BCUT2D eigenvalue weighted by Gasteiger charge is -2.34. The Morgan fingerprint density at radius 1 is 1.26 bits per heavy atom. The fourth-order valence-corrected chi connectivity index (χ4v) is 3.64.